The summed E-state index contributed by atoms with van der Waals surface area (Å²) in [5.41, 5.74) is 8.13. The molecular weight excluding hydrogens is 569 g/mol. The first-order valence-corrected chi connectivity index (χ1v) is 15.9. The van der Waals surface area contributed by atoms with Crippen molar-refractivity contribution in [3.8, 4) is 22.6 Å². The number of oxazole rings is 1. The molecule has 4 heteroatoms. The van der Waals surface area contributed by atoms with E-state index >= 15 is 0 Å². The molecular formula is C41H26N2OS. The molecule has 7 aromatic carbocycles. The Balaban J connectivity index is 1.32. The average molecular weight is 595 g/mol. The van der Waals surface area contributed by atoms with Crippen molar-refractivity contribution in [3.63, 3.8) is 0 Å². The third-order valence-corrected chi connectivity index (χ3v) is 9.62. The molecule has 0 fully saturated rings. The van der Waals surface area contributed by atoms with Gasteiger partial charge in [-0.2, -0.15) is 0 Å². The molecule has 212 valence electrons. The fraction of sp³-hybridized carbons (Fsp3) is 0. The maximum atomic E-state index is 6.60. The Bertz CT molecular complexity index is 2500. The second-order valence-corrected chi connectivity index (χ2v) is 12.3. The Hall–Kier alpha value is -5.71. The van der Waals surface area contributed by atoms with E-state index in [2.05, 4.69) is 132 Å². The van der Waals surface area contributed by atoms with Crippen LogP contribution < -0.4 is 4.90 Å². The zero-order valence-corrected chi connectivity index (χ0v) is 25.0. The molecule has 0 saturated heterocycles. The highest BCUT2D eigenvalue weighted by Crippen LogP contribution is 2.45. The molecule has 0 bridgehead atoms. The van der Waals surface area contributed by atoms with Gasteiger partial charge in [0.2, 0.25) is 5.89 Å². The van der Waals surface area contributed by atoms with Gasteiger partial charge in [0.1, 0.15) is 5.52 Å². The highest BCUT2D eigenvalue weighted by atomic mass is 32.1. The Kier molecular flexibility index (Phi) is 6.00. The zero-order valence-electron chi connectivity index (χ0n) is 24.2. The molecule has 0 N–H and O–H groups in total. The second kappa shape index (κ2) is 10.5. The summed E-state index contributed by atoms with van der Waals surface area (Å²) in [6.07, 6.45) is 0. The lowest BCUT2D eigenvalue weighted by Gasteiger charge is -2.27. The molecule has 0 unspecified atom stereocenters. The zero-order chi connectivity index (χ0) is 29.7. The minimum atomic E-state index is 0.622. The van der Waals surface area contributed by atoms with Crippen molar-refractivity contribution < 1.29 is 4.42 Å². The molecule has 45 heavy (non-hydrogen) atoms. The van der Waals surface area contributed by atoms with Crippen LogP contribution in [-0.2, 0) is 0 Å². The Morgan fingerprint density at radius 3 is 2.09 bits per heavy atom. The maximum Gasteiger partial charge on any atom is 0.227 e. The molecule has 2 aromatic heterocycles. The van der Waals surface area contributed by atoms with Gasteiger partial charge in [-0.3, -0.25) is 0 Å². The van der Waals surface area contributed by atoms with Crippen molar-refractivity contribution in [1.82, 2.24) is 4.98 Å². The molecule has 0 saturated carbocycles. The normalized spacial score (nSPS) is 11.6. The molecule has 3 nitrogen and oxygen atoms in total. The number of rotatable bonds is 5. The second-order valence-electron chi connectivity index (χ2n) is 11.2. The van der Waals surface area contributed by atoms with Crippen LogP contribution in [0.5, 0.6) is 0 Å². The SMILES string of the molecule is c1ccc(-c2cccc(N(c3ccc4sc5ccccc5c4c3)c3cccc4ccc5nc(-c6ccccc6)oc5c34)c2)cc1. The van der Waals surface area contributed by atoms with Crippen LogP contribution in [0.1, 0.15) is 0 Å². The topological polar surface area (TPSA) is 29.3 Å². The van der Waals surface area contributed by atoms with Crippen LogP contribution in [-0.4, -0.2) is 4.98 Å². The van der Waals surface area contributed by atoms with E-state index in [1.807, 2.05) is 41.7 Å². The van der Waals surface area contributed by atoms with Crippen LogP contribution in [0, 0.1) is 0 Å². The first-order valence-electron chi connectivity index (χ1n) is 15.0. The summed E-state index contributed by atoms with van der Waals surface area (Å²) in [7, 11) is 0. The van der Waals surface area contributed by atoms with Gasteiger partial charge in [0.15, 0.2) is 5.58 Å². The first-order chi connectivity index (χ1) is 22.3. The lowest BCUT2D eigenvalue weighted by Crippen LogP contribution is -2.10. The standard InChI is InChI=1S/C41H26N2OS/c1-3-11-27(12-4-1)30-16-9-17-31(25-30)43(32-22-24-38-34(26-32)33-18-7-8-20-37(33)45-38)36-19-10-15-28-21-23-35-40(39(28)36)44-41(42-35)29-13-5-2-6-14-29/h1-26H. The van der Waals surface area contributed by atoms with E-state index in [-0.39, 0.29) is 0 Å². The fourth-order valence-corrected chi connectivity index (χ4v) is 7.45. The summed E-state index contributed by atoms with van der Waals surface area (Å²) in [5, 5.41) is 4.67. The van der Waals surface area contributed by atoms with E-state index < -0.39 is 0 Å². The summed E-state index contributed by atoms with van der Waals surface area (Å²) >= 11 is 1.84. The molecule has 0 aliphatic heterocycles. The van der Waals surface area contributed by atoms with Crippen LogP contribution in [0.4, 0.5) is 17.1 Å². The summed E-state index contributed by atoms with van der Waals surface area (Å²) in [5.74, 6) is 0.622. The summed E-state index contributed by atoms with van der Waals surface area (Å²) in [6, 6.07) is 55.6. The third-order valence-electron chi connectivity index (χ3n) is 8.47. The van der Waals surface area contributed by atoms with Gasteiger partial charge in [-0.25, -0.2) is 4.98 Å². The summed E-state index contributed by atoms with van der Waals surface area (Å²) in [4.78, 5) is 7.28. The minimum Gasteiger partial charge on any atom is -0.435 e. The maximum absolute atomic E-state index is 6.60. The first kappa shape index (κ1) is 25.8. The summed E-state index contributed by atoms with van der Waals surface area (Å²) < 4.78 is 9.18. The number of aromatic nitrogens is 1. The Labute approximate surface area is 264 Å². The predicted octanol–water partition coefficient (Wildman–Crippen LogP) is 12.2. The van der Waals surface area contributed by atoms with Crippen LogP contribution in [0.3, 0.4) is 0 Å². The Morgan fingerprint density at radius 2 is 1.22 bits per heavy atom. The quantitative estimate of drug-likeness (QED) is 0.198. The van der Waals surface area contributed by atoms with Gasteiger partial charge in [-0.05, 0) is 77.2 Å². The van der Waals surface area contributed by atoms with Crippen LogP contribution in [0.2, 0.25) is 0 Å². The number of hydrogen-bond donors (Lipinski definition) is 0. The van der Waals surface area contributed by atoms with Crippen molar-refractivity contribution in [2.75, 3.05) is 4.90 Å². The van der Waals surface area contributed by atoms with Gasteiger partial charge in [-0.15, -0.1) is 11.3 Å². The molecule has 0 spiro atoms. The largest absolute Gasteiger partial charge is 0.435 e. The molecule has 0 amide bonds. The summed E-state index contributed by atoms with van der Waals surface area (Å²) in [6.45, 7) is 0. The van der Waals surface area contributed by atoms with Crippen LogP contribution in [0.15, 0.2) is 162 Å². The molecule has 2 heterocycles. The number of anilines is 3. The lowest BCUT2D eigenvalue weighted by atomic mass is 10.0. The number of benzene rings is 7. The van der Waals surface area contributed by atoms with E-state index in [9.17, 15) is 0 Å². The number of hydrogen-bond acceptors (Lipinski definition) is 4. The van der Waals surface area contributed by atoms with Crippen molar-refractivity contribution in [1.29, 1.82) is 0 Å². The third kappa shape index (κ3) is 4.38. The number of thiophene rings is 1. The van der Waals surface area contributed by atoms with Crippen molar-refractivity contribution in [2.24, 2.45) is 0 Å². The van der Waals surface area contributed by atoms with Gasteiger partial charge >= 0.3 is 0 Å². The van der Waals surface area contributed by atoms with Gasteiger partial charge in [-0.1, -0.05) is 97.1 Å². The van der Waals surface area contributed by atoms with Crippen LogP contribution >= 0.6 is 11.3 Å². The van der Waals surface area contributed by atoms with Gasteiger partial charge in [0.25, 0.3) is 0 Å². The highest BCUT2D eigenvalue weighted by Gasteiger charge is 2.21. The van der Waals surface area contributed by atoms with E-state index in [4.69, 9.17) is 9.40 Å². The number of nitrogens with zero attached hydrogens (tertiary/aromatic N) is 2. The van der Waals surface area contributed by atoms with Crippen molar-refractivity contribution in [2.45, 2.75) is 0 Å². The molecule has 0 radical (unpaired) electrons. The van der Waals surface area contributed by atoms with Gasteiger partial charge < -0.3 is 9.32 Å². The minimum absolute atomic E-state index is 0.622. The average Bonchev–Trinajstić information content (AvgIpc) is 3.71. The van der Waals surface area contributed by atoms with E-state index in [1.165, 1.54) is 25.7 Å². The van der Waals surface area contributed by atoms with Crippen molar-refractivity contribution in [3.05, 3.63) is 158 Å². The predicted molar refractivity (Wildman–Crippen MR) is 190 cm³/mol. The van der Waals surface area contributed by atoms with Crippen LogP contribution in [0.25, 0.3) is 64.6 Å². The fourth-order valence-electron chi connectivity index (χ4n) is 6.36. The lowest BCUT2D eigenvalue weighted by molar-refractivity contribution is 0.623. The van der Waals surface area contributed by atoms with Crippen molar-refractivity contribution >= 4 is 70.4 Å². The molecule has 9 aromatic rings. The van der Waals surface area contributed by atoms with E-state index in [0.29, 0.717) is 5.89 Å². The molecule has 0 aliphatic carbocycles. The Morgan fingerprint density at radius 1 is 0.511 bits per heavy atom. The van der Waals surface area contributed by atoms with Gasteiger partial charge in [0, 0.05) is 37.1 Å². The monoisotopic (exact) mass is 594 g/mol. The highest BCUT2D eigenvalue weighted by molar-refractivity contribution is 7.25. The number of fused-ring (bicyclic) bond motifs is 6. The molecule has 9 rings (SSSR count). The van der Waals surface area contributed by atoms with E-state index in [0.717, 1.165) is 50.1 Å². The molecule has 0 aliphatic rings. The molecule has 0 atom stereocenters. The van der Waals surface area contributed by atoms with E-state index in [1.54, 1.807) is 0 Å². The van der Waals surface area contributed by atoms with Gasteiger partial charge in [0.05, 0.1) is 11.1 Å². The smallest absolute Gasteiger partial charge is 0.227 e.